The lowest BCUT2D eigenvalue weighted by atomic mass is 9.75. The Labute approximate surface area is 93.4 Å². The number of rotatable bonds is 4. The summed E-state index contributed by atoms with van der Waals surface area (Å²) in [5, 5.41) is 3.71. The molecule has 0 bridgehead atoms. The van der Waals surface area contributed by atoms with Gasteiger partial charge in [0.05, 0.1) is 0 Å². The molecular formula is C12H25N3. The normalized spacial score (nSPS) is 34.4. The summed E-state index contributed by atoms with van der Waals surface area (Å²) in [6.07, 6.45) is 7.74. The van der Waals surface area contributed by atoms with Gasteiger partial charge >= 0.3 is 0 Å². The van der Waals surface area contributed by atoms with Crippen LogP contribution >= 0.6 is 0 Å². The molecule has 3 N–H and O–H groups in total. The highest BCUT2D eigenvalue weighted by Gasteiger charge is 2.39. The van der Waals surface area contributed by atoms with Crippen molar-refractivity contribution < 1.29 is 0 Å². The van der Waals surface area contributed by atoms with Gasteiger partial charge in [0.15, 0.2) is 0 Å². The Bertz CT molecular complexity index is 211. The van der Waals surface area contributed by atoms with Gasteiger partial charge < -0.3 is 16.0 Å². The fourth-order valence-corrected chi connectivity index (χ4v) is 2.90. The first-order chi connectivity index (χ1) is 7.12. The predicted molar refractivity (Wildman–Crippen MR) is 63.9 cm³/mol. The molecule has 0 aromatic rings. The van der Waals surface area contributed by atoms with Gasteiger partial charge in [-0.3, -0.25) is 0 Å². The first-order valence-electron chi connectivity index (χ1n) is 6.29. The highest BCUT2D eigenvalue weighted by atomic mass is 15.2. The molecule has 0 radical (unpaired) electrons. The van der Waals surface area contributed by atoms with E-state index in [4.69, 9.17) is 5.73 Å². The zero-order chi connectivity index (χ0) is 10.9. The van der Waals surface area contributed by atoms with Gasteiger partial charge in [0.1, 0.15) is 0 Å². The third-order valence-electron chi connectivity index (χ3n) is 4.43. The Balaban J connectivity index is 1.77. The summed E-state index contributed by atoms with van der Waals surface area (Å²) in [6.45, 7) is 1.15. The second-order valence-corrected chi connectivity index (χ2v) is 5.62. The molecule has 3 nitrogen and oxygen atoms in total. The van der Waals surface area contributed by atoms with Crippen molar-refractivity contribution in [1.29, 1.82) is 0 Å². The van der Waals surface area contributed by atoms with Crippen molar-refractivity contribution in [2.75, 3.05) is 20.6 Å². The van der Waals surface area contributed by atoms with Gasteiger partial charge in [0, 0.05) is 24.2 Å². The number of nitrogens with one attached hydrogen (secondary N) is 1. The Kier molecular flexibility index (Phi) is 3.33. The smallest absolute Gasteiger partial charge is 0.0328 e. The maximum Gasteiger partial charge on any atom is 0.0328 e. The van der Waals surface area contributed by atoms with Crippen molar-refractivity contribution in [3.8, 4) is 0 Å². The van der Waals surface area contributed by atoms with Crippen molar-refractivity contribution in [2.45, 2.75) is 56.1 Å². The lowest BCUT2D eigenvalue weighted by Gasteiger charge is -2.48. The van der Waals surface area contributed by atoms with Crippen LogP contribution in [0.15, 0.2) is 0 Å². The second kappa shape index (κ2) is 4.40. The third-order valence-corrected chi connectivity index (χ3v) is 4.43. The average Bonchev–Trinajstić information content (AvgIpc) is 2.49. The van der Waals surface area contributed by atoms with Crippen LogP contribution in [0.3, 0.4) is 0 Å². The molecule has 2 atom stereocenters. The second-order valence-electron chi connectivity index (χ2n) is 5.62. The molecule has 0 aromatic carbocycles. The number of nitrogens with two attached hydrogens (primary N) is 1. The van der Waals surface area contributed by atoms with Crippen LogP contribution in [0.4, 0.5) is 0 Å². The van der Waals surface area contributed by atoms with E-state index in [-0.39, 0.29) is 0 Å². The van der Waals surface area contributed by atoms with Crippen molar-refractivity contribution in [3.63, 3.8) is 0 Å². The maximum absolute atomic E-state index is 5.92. The lowest BCUT2D eigenvalue weighted by Crippen LogP contribution is -2.57. The van der Waals surface area contributed by atoms with Gasteiger partial charge in [0.25, 0.3) is 0 Å². The first kappa shape index (κ1) is 11.4. The Morgan fingerprint density at radius 2 is 2.07 bits per heavy atom. The van der Waals surface area contributed by atoms with Crippen LogP contribution in [0.5, 0.6) is 0 Å². The van der Waals surface area contributed by atoms with Gasteiger partial charge in [-0.15, -0.1) is 0 Å². The van der Waals surface area contributed by atoms with Crippen LogP contribution in [0, 0.1) is 0 Å². The van der Waals surface area contributed by atoms with E-state index in [1.165, 1.54) is 38.5 Å². The molecule has 0 aliphatic heterocycles. The van der Waals surface area contributed by atoms with Crippen LogP contribution < -0.4 is 11.1 Å². The van der Waals surface area contributed by atoms with E-state index in [9.17, 15) is 0 Å². The molecule has 2 rings (SSSR count). The van der Waals surface area contributed by atoms with Crippen molar-refractivity contribution in [3.05, 3.63) is 0 Å². The van der Waals surface area contributed by atoms with Gasteiger partial charge in [-0.1, -0.05) is 0 Å². The van der Waals surface area contributed by atoms with Crippen molar-refractivity contribution in [2.24, 2.45) is 5.73 Å². The van der Waals surface area contributed by atoms with Crippen LogP contribution in [0.2, 0.25) is 0 Å². The van der Waals surface area contributed by atoms with E-state index in [0.29, 0.717) is 17.6 Å². The van der Waals surface area contributed by atoms with Crippen molar-refractivity contribution in [1.82, 2.24) is 10.2 Å². The highest BCUT2D eigenvalue weighted by molar-refractivity contribution is 4.98. The quantitative estimate of drug-likeness (QED) is 0.727. The molecule has 2 unspecified atom stereocenters. The SMILES string of the molecule is CN(C)C1(CNC2CCC(N)C2)CCC1. The molecule has 0 spiro atoms. The number of hydrogen-bond acceptors (Lipinski definition) is 3. The molecule has 0 heterocycles. The fourth-order valence-electron chi connectivity index (χ4n) is 2.90. The summed E-state index contributed by atoms with van der Waals surface area (Å²) in [5.41, 5.74) is 6.37. The summed E-state index contributed by atoms with van der Waals surface area (Å²) in [5.74, 6) is 0. The van der Waals surface area contributed by atoms with Gasteiger partial charge in [0.2, 0.25) is 0 Å². The van der Waals surface area contributed by atoms with Gasteiger partial charge in [-0.05, 0) is 52.6 Å². The Hall–Kier alpha value is -0.120. The Morgan fingerprint density at radius 1 is 1.33 bits per heavy atom. The average molecular weight is 211 g/mol. The largest absolute Gasteiger partial charge is 0.328 e. The summed E-state index contributed by atoms with van der Waals surface area (Å²) >= 11 is 0. The topological polar surface area (TPSA) is 41.3 Å². The summed E-state index contributed by atoms with van der Waals surface area (Å²) < 4.78 is 0. The minimum Gasteiger partial charge on any atom is -0.328 e. The van der Waals surface area contributed by atoms with E-state index >= 15 is 0 Å². The van der Waals surface area contributed by atoms with Crippen LogP contribution in [-0.4, -0.2) is 43.2 Å². The highest BCUT2D eigenvalue weighted by Crippen LogP contribution is 2.35. The minimum absolute atomic E-state index is 0.444. The molecule has 2 aliphatic carbocycles. The number of likely N-dealkylation sites (N-methyl/N-ethyl adjacent to an activating group) is 1. The van der Waals surface area contributed by atoms with Gasteiger partial charge in [-0.25, -0.2) is 0 Å². The third kappa shape index (κ3) is 2.35. The molecule has 0 saturated heterocycles. The molecule has 0 aromatic heterocycles. The molecule has 88 valence electrons. The lowest BCUT2D eigenvalue weighted by molar-refractivity contribution is 0.0572. The van der Waals surface area contributed by atoms with Crippen LogP contribution in [0.1, 0.15) is 38.5 Å². The van der Waals surface area contributed by atoms with E-state index < -0.39 is 0 Å². The molecule has 2 saturated carbocycles. The first-order valence-corrected chi connectivity index (χ1v) is 6.29. The molecule has 0 amide bonds. The maximum atomic E-state index is 5.92. The molecule has 2 fully saturated rings. The van der Waals surface area contributed by atoms with E-state index in [0.717, 1.165) is 6.54 Å². The standard InChI is InChI=1S/C12H25N3/c1-15(2)12(6-3-7-12)9-14-11-5-4-10(13)8-11/h10-11,14H,3-9,13H2,1-2H3. The summed E-state index contributed by atoms with van der Waals surface area (Å²) in [6, 6.07) is 1.12. The van der Waals surface area contributed by atoms with Gasteiger partial charge in [-0.2, -0.15) is 0 Å². The summed E-state index contributed by atoms with van der Waals surface area (Å²) in [4.78, 5) is 2.40. The van der Waals surface area contributed by atoms with Crippen LogP contribution in [0.25, 0.3) is 0 Å². The molecule has 3 heteroatoms. The Morgan fingerprint density at radius 3 is 2.47 bits per heavy atom. The summed E-state index contributed by atoms with van der Waals surface area (Å²) in [7, 11) is 4.42. The zero-order valence-electron chi connectivity index (χ0n) is 10.1. The van der Waals surface area contributed by atoms with E-state index in [1.54, 1.807) is 0 Å². The fraction of sp³-hybridized carbons (Fsp3) is 1.00. The molecular weight excluding hydrogens is 186 g/mol. The van der Waals surface area contributed by atoms with E-state index in [1.807, 2.05) is 0 Å². The zero-order valence-corrected chi connectivity index (χ0v) is 10.1. The minimum atomic E-state index is 0.444. The molecule has 2 aliphatic rings. The predicted octanol–water partition coefficient (Wildman–Crippen LogP) is 0.940. The van der Waals surface area contributed by atoms with Crippen molar-refractivity contribution >= 4 is 0 Å². The molecule has 15 heavy (non-hydrogen) atoms. The van der Waals surface area contributed by atoms with Crippen LogP contribution in [-0.2, 0) is 0 Å². The number of hydrogen-bond donors (Lipinski definition) is 2. The van der Waals surface area contributed by atoms with E-state index in [2.05, 4.69) is 24.3 Å². The monoisotopic (exact) mass is 211 g/mol. The number of nitrogens with zero attached hydrogens (tertiary/aromatic N) is 1.